The van der Waals surface area contributed by atoms with Gasteiger partial charge in [-0.15, -0.1) is 0 Å². The highest BCUT2D eigenvalue weighted by atomic mass is 16.3. The number of hydrogen-bond acceptors (Lipinski definition) is 4. The zero-order chi connectivity index (χ0) is 14.7. The zero-order valence-corrected chi connectivity index (χ0v) is 12.0. The Balaban J connectivity index is 1.97. The molecule has 0 fully saturated rings. The molecule has 0 saturated heterocycles. The fraction of sp³-hybridized carbons (Fsp3) is 0.235. The number of benzene rings is 1. The van der Waals surface area contributed by atoms with Gasteiger partial charge in [-0.05, 0) is 24.1 Å². The molecule has 1 aromatic heterocycles. The quantitative estimate of drug-likeness (QED) is 0.896. The van der Waals surface area contributed by atoms with Gasteiger partial charge in [-0.3, -0.25) is 0 Å². The van der Waals surface area contributed by atoms with Crippen LogP contribution in [-0.4, -0.2) is 10.1 Å². The Labute approximate surface area is 124 Å². The lowest BCUT2D eigenvalue weighted by Crippen LogP contribution is -2.34. The van der Waals surface area contributed by atoms with Crippen LogP contribution in [0.4, 0.5) is 5.82 Å². The molecule has 0 amide bonds. The fourth-order valence-electron chi connectivity index (χ4n) is 2.65. The third kappa shape index (κ3) is 2.62. The van der Waals surface area contributed by atoms with Gasteiger partial charge in [0.25, 0.3) is 0 Å². The lowest BCUT2D eigenvalue weighted by atomic mass is 9.97. The van der Waals surface area contributed by atoms with Crippen LogP contribution in [0.15, 0.2) is 66.2 Å². The average molecular weight is 281 g/mol. The van der Waals surface area contributed by atoms with Crippen molar-refractivity contribution in [3.8, 4) is 0 Å². The zero-order valence-electron chi connectivity index (χ0n) is 12.0. The minimum atomic E-state index is -0.00634. The smallest absolute Gasteiger partial charge is 0.208 e. The minimum Gasteiger partial charge on any atom is -0.493 e. The molecule has 0 radical (unpaired) electrons. The predicted molar refractivity (Wildman–Crippen MR) is 83.6 cm³/mol. The van der Waals surface area contributed by atoms with Crippen LogP contribution in [-0.2, 0) is 0 Å². The van der Waals surface area contributed by atoms with Crippen LogP contribution in [0.5, 0.6) is 0 Å². The number of aliphatic hydroxyl groups is 1. The molecule has 1 aliphatic rings. The lowest BCUT2D eigenvalue weighted by Gasteiger charge is -2.20. The highest BCUT2D eigenvalue weighted by Gasteiger charge is 2.32. The minimum absolute atomic E-state index is 0.00634. The van der Waals surface area contributed by atoms with Crippen LogP contribution < -0.4 is 10.4 Å². The molecule has 2 aromatic rings. The molecule has 0 saturated carbocycles. The maximum atomic E-state index is 10.6. The summed E-state index contributed by atoms with van der Waals surface area (Å²) in [6.45, 7) is 2.12. The third-order valence-electron chi connectivity index (χ3n) is 3.64. The topological polar surface area (TPSA) is 48.4 Å². The number of aliphatic hydroxyl groups excluding tert-OH is 1. The van der Waals surface area contributed by atoms with Gasteiger partial charge < -0.3 is 5.11 Å². The largest absolute Gasteiger partial charge is 0.493 e. The van der Waals surface area contributed by atoms with Crippen molar-refractivity contribution in [2.75, 3.05) is 5.01 Å². The van der Waals surface area contributed by atoms with Crippen molar-refractivity contribution >= 4 is 5.82 Å². The van der Waals surface area contributed by atoms with Crippen LogP contribution >= 0.6 is 0 Å². The Hall–Kier alpha value is -2.33. The van der Waals surface area contributed by atoms with E-state index >= 15 is 0 Å². The molecule has 21 heavy (non-hydrogen) atoms. The van der Waals surface area contributed by atoms with E-state index in [1.807, 2.05) is 36.4 Å². The van der Waals surface area contributed by atoms with Gasteiger partial charge in [0, 0.05) is 11.8 Å². The molecule has 1 aliphatic heterocycles. The Kier molecular flexibility index (Phi) is 3.88. The van der Waals surface area contributed by atoms with Crippen molar-refractivity contribution in [2.24, 2.45) is 0 Å². The Morgan fingerprint density at radius 3 is 2.57 bits per heavy atom. The summed E-state index contributed by atoms with van der Waals surface area (Å²) in [7, 11) is 0. The number of anilines is 1. The molecule has 1 aromatic carbocycles. The highest BCUT2D eigenvalue weighted by Crippen LogP contribution is 2.35. The number of pyridine rings is 1. The second kappa shape index (κ2) is 5.97. The van der Waals surface area contributed by atoms with Gasteiger partial charge in [0.1, 0.15) is 5.82 Å². The van der Waals surface area contributed by atoms with E-state index in [1.54, 1.807) is 11.2 Å². The van der Waals surface area contributed by atoms with E-state index in [4.69, 9.17) is 0 Å². The van der Waals surface area contributed by atoms with Crippen LogP contribution in [0.25, 0.3) is 0 Å². The number of rotatable bonds is 4. The van der Waals surface area contributed by atoms with Gasteiger partial charge in [-0.1, -0.05) is 49.7 Å². The van der Waals surface area contributed by atoms with Gasteiger partial charge in [-0.25, -0.2) is 15.4 Å². The van der Waals surface area contributed by atoms with Crippen molar-refractivity contribution in [2.45, 2.75) is 25.8 Å². The molecule has 2 N–H and O–H groups in total. The van der Waals surface area contributed by atoms with Gasteiger partial charge >= 0.3 is 0 Å². The highest BCUT2D eigenvalue weighted by molar-refractivity contribution is 5.49. The Bertz CT molecular complexity index is 625. The first-order valence-corrected chi connectivity index (χ1v) is 7.25. The molecule has 0 aliphatic carbocycles. The van der Waals surface area contributed by atoms with Gasteiger partial charge in [-0.2, -0.15) is 0 Å². The second-order valence-electron chi connectivity index (χ2n) is 5.09. The maximum Gasteiger partial charge on any atom is 0.208 e. The first kappa shape index (κ1) is 13.6. The number of nitrogens with zero attached hydrogens (tertiary/aromatic N) is 2. The van der Waals surface area contributed by atoms with Gasteiger partial charge in [0.05, 0.1) is 6.04 Å². The summed E-state index contributed by atoms with van der Waals surface area (Å²) in [6, 6.07) is 15.8. The van der Waals surface area contributed by atoms with E-state index in [0.717, 1.165) is 24.0 Å². The fourth-order valence-corrected chi connectivity index (χ4v) is 2.65. The van der Waals surface area contributed by atoms with Crippen molar-refractivity contribution in [1.29, 1.82) is 0 Å². The van der Waals surface area contributed by atoms with Crippen molar-refractivity contribution < 1.29 is 5.11 Å². The molecule has 4 nitrogen and oxygen atoms in total. The summed E-state index contributed by atoms with van der Waals surface area (Å²) in [4.78, 5) is 4.30. The normalized spacial score (nSPS) is 18.3. The first-order valence-electron chi connectivity index (χ1n) is 7.25. The molecule has 4 heteroatoms. The van der Waals surface area contributed by atoms with Gasteiger partial charge in [0.2, 0.25) is 5.88 Å². The molecule has 1 unspecified atom stereocenters. The summed E-state index contributed by atoms with van der Waals surface area (Å²) in [5.41, 5.74) is 5.51. The standard InChI is InChI=1S/C17H19N3O/c1-2-8-14-16(13-9-4-3-5-10-13)19-20(17(14)21)15-11-6-7-12-18-15/h3-7,9-12,16,19,21H,2,8H2,1H3. The van der Waals surface area contributed by atoms with Crippen LogP contribution in [0.1, 0.15) is 31.4 Å². The summed E-state index contributed by atoms with van der Waals surface area (Å²) in [5, 5.41) is 12.2. The molecule has 3 rings (SSSR count). The van der Waals surface area contributed by atoms with E-state index in [-0.39, 0.29) is 11.9 Å². The van der Waals surface area contributed by atoms with E-state index in [0.29, 0.717) is 5.82 Å². The molecule has 2 heterocycles. The summed E-state index contributed by atoms with van der Waals surface area (Å²) in [5.74, 6) is 0.964. The van der Waals surface area contributed by atoms with Crippen molar-refractivity contribution in [3.05, 3.63) is 71.7 Å². The Morgan fingerprint density at radius 2 is 1.90 bits per heavy atom. The lowest BCUT2D eigenvalue weighted by molar-refractivity contribution is 0.384. The number of aromatic nitrogens is 1. The molecular weight excluding hydrogens is 262 g/mol. The van der Waals surface area contributed by atoms with E-state index in [1.165, 1.54) is 0 Å². The van der Waals surface area contributed by atoms with Crippen LogP contribution in [0.2, 0.25) is 0 Å². The average Bonchev–Trinajstić information content (AvgIpc) is 2.87. The first-order chi connectivity index (χ1) is 10.3. The summed E-state index contributed by atoms with van der Waals surface area (Å²) >= 11 is 0. The summed E-state index contributed by atoms with van der Waals surface area (Å²) in [6.07, 6.45) is 3.56. The van der Waals surface area contributed by atoms with Crippen LogP contribution in [0, 0.1) is 0 Å². The monoisotopic (exact) mass is 281 g/mol. The molecular formula is C17H19N3O. The van der Waals surface area contributed by atoms with Crippen molar-refractivity contribution in [3.63, 3.8) is 0 Å². The number of hydrogen-bond donors (Lipinski definition) is 2. The Morgan fingerprint density at radius 1 is 1.14 bits per heavy atom. The third-order valence-corrected chi connectivity index (χ3v) is 3.64. The van der Waals surface area contributed by atoms with Crippen molar-refractivity contribution in [1.82, 2.24) is 10.4 Å². The maximum absolute atomic E-state index is 10.6. The van der Waals surface area contributed by atoms with E-state index in [2.05, 4.69) is 29.5 Å². The molecule has 0 bridgehead atoms. The second-order valence-corrected chi connectivity index (χ2v) is 5.09. The predicted octanol–water partition coefficient (Wildman–Crippen LogP) is 3.72. The van der Waals surface area contributed by atoms with Gasteiger partial charge in [0.15, 0.2) is 0 Å². The number of nitrogens with one attached hydrogen (secondary N) is 1. The molecule has 0 spiro atoms. The number of hydrazine groups is 1. The van der Waals surface area contributed by atoms with E-state index in [9.17, 15) is 5.11 Å². The van der Waals surface area contributed by atoms with Crippen LogP contribution in [0.3, 0.4) is 0 Å². The molecule has 1 atom stereocenters. The molecule has 108 valence electrons. The SMILES string of the molecule is CCCC1=C(O)N(c2ccccn2)NC1c1ccccc1. The summed E-state index contributed by atoms with van der Waals surface area (Å²) < 4.78 is 0. The van der Waals surface area contributed by atoms with E-state index < -0.39 is 0 Å².